The van der Waals surface area contributed by atoms with Crippen molar-refractivity contribution < 1.29 is 4.74 Å². The first kappa shape index (κ1) is 17.2. The van der Waals surface area contributed by atoms with Crippen molar-refractivity contribution in [1.82, 2.24) is 9.97 Å². The normalized spacial score (nSPS) is 11.7. The Morgan fingerprint density at radius 1 is 1.43 bits per heavy atom. The fourth-order valence-electron chi connectivity index (χ4n) is 1.95. The summed E-state index contributed by atoms with van der Waals surface area (Å²) in [5, 5.41) is 15.5. The summed E-state index contributed by atoms with van der Waals surface area (Å²) in [5.41, 5.74) is 0.443. The zero-order valence-corrected chi connectivity index (χ0v) is 13.1. The molecule has 1 aromatic heterocycles. The lowest BCUT2D eigenvalue weighted by atomic mass is 10.1. The van der Waals surface area contributed by atoms with Gasteiger partial charge in [0.15, 0.2) is 0 Å². The first-order chi connectivity index (χ1) is 10.2. The lowest BCUT2D eigenvalue weighted by Crippen LogP contribution is -2.20. The molecule has 0 fully saturated rings. The quantitative estimate of drug-likeness (QED) is 0.645. The Kier molecular flexibility index (Phi) is 8.14. The molecule has 0 amide bonds. The van der Waals surface area contributed by atoms with E-state index in [1.165, 1.54) is 12.8 Å². The number of methoxy groups -OCH3 is 1. The third-order valence-electron chi connectivity index (χ3n) is 3.24. The highest BCUT2D eigenvalue weighted by atomic mass is 16.5. The number of unbranched alkanes of at least 4 members (excludes halogenated alkanes) is 1. The van der Waals surface area contributed by atoms with Crippen LogP contribution in [0.3, 0.4) is 0 Å². The van der Waals surface area contributed by atoms with Gasteiger partial charge in [-0.05, 0) is 12.8 Å². The highest BCUT2D eigenvalue weighted by Gasteiger charge is 2.10. The first-order valence-corrected chi connectivity index (χ1v) is 7.51. The standard InChI is InChI=1S/C15H25N5O/c1-4-6-7-13(5-2)19-15-18-11-12(10-16)14(20-15)17-8-9-21-3/h11,13H,4-9H2,1-3H3,(H2,17,18,19,20)/t13-/m1/s1. The minimum atomic E-state index is 0.365. The molecule has 0 aliphatic heterocycles. The molecule has 1 aromatic rings. The summed E-state index contributed by atoms with van der Waals surface area (Å²) < 4.78 is 4.99. The molecule has 0 unspecified atom stereocenters. The van der Waals surface area contributed by atoms with Gasteiger partial charge in [-0.15, -0.1) is 0 Å². The van der Waals surface area contributed by atoms with Gasteiger partial charge in [0.05, 0.1) is 12.8 Å². The monoisotopic (exact) mass is 291 g/mol. The van der Waals surface area contributed by atoms with Gasteiger partial charge in [-0.1, -0.05) is 26.7 Å². The Balaban J connectivity index is 2.74. The largest absolute Gasteiger partial charge is 0.383 e. The molecule has 0 aliphatic rings. The highest BCUT2D eigenvalue weighted by molar-refractivity contribution is 5.53. The van der Waals surface area contributed by atoms with Gasteiger partial charge in [-0.25, -0.2) is 4.98 Å². The predicted octanol–water partition coefficient (Wildman–Crippen LogP) is 2.79. The molecule has 1 rings (SSSR count). The van der Waals surface area contributed by atoms with E-state index in [0.717, 1.165) is 12.8 Å². The van der Waals surface area contributed by atoms with Crippen molar-refractivity contribution in [3.05, 3.63) is 11.8 Å². The first-order valence-electron chi connectivity index (χ1n) is 7.51. The summed E-state index contributed by atoms with van der Waals surface area (Å²) in [7, 11) is 1.64. The van der Waals surface area contributed by atoms with Crippen LogP contribution in [-0.4, -0.2) is 36.3 Å². The number of anilines is 2. The number of ether oxygens (including phenoxy) is 1. The van der Waals surface area contributed by atoms with Gasteiger partial charge in [0.25, 0.3) is 0 Å². The lowest BCUT2D eigenvalue weighted by molar-refractivity contribution is 0.210. The molecule has 0 saturated carbocycles. The topological polar surface area (TPSA) is 82.9 Å². The fraction of sp³-hybridized carbons (Fsp3) is 0.667. The van der Waals surface area contributed by atoms with E-state index in [2.05, 4.69) is 40.5 Å². The highest BCUT2D eigenvalue weighted by Crippen LogP contribution is 2.15. The van der Waals surface area contributed by atoms with E-state index in [1.807, 2.05) is 0 Å². The van der Waals surface area contributed by atoms with Gasteiger partial charge in [0, 0.05) is 19.7 Å². The Morgan fingerprint density at radius 2 is 2.24 bits per heavy atom. The number of hydrogen-bond donors (Lipinski definition) is 2. The molecular formula is C15H25N5O. The Morgan fingerprint density at radius 3 is 2.86 bits per heavy atom. The minimum absolute atomic E-state index is 0.365. The van der Waals surface area contributed by atoms with Gasteiger partial charge in [0.1, 0.15) is 17.5 Å². The summed E-state index contributed by atoms with van der Waals surface area (Å²) >= 11 is 0. The van der Waals surface area contributed by atoms with Crippen LogP contribution in [0.25, 0.3) is 0 Å². The number of hydrogen-bond acceptors (Lipinski definition) is 6. The smallest absolute Gasteiger partial charge is 0.224 e. The lowest BCUT2D eigenvalue weighted by Gasteiger charge is -2.17. The molecule has 0 aromatic carbocycles. The summed E-state index contributed by atoms with van der Waals surface area (Å²) in [4.78, 5) is 8.62. The molecule has 6 heteroatoms. The maximum atomic E-state index is 9.09. The summed E-state index contributed by atoms with van der Waals surface area (Å²) in [5.74, 6) is 1.12. The van der Waals surface area contributed by atoms with Crippen LogP contribution in [0.2, 0.25) is 0 Å². The van der Waals surface area contributed by atoms with E-state index in [4.69, 9.17) is 10.00 Å². The van der Waals surface area contributed by atoms with Crippen molar-refractivity contribution in [3.8, 4) is 6.07 Å². The van der Waals surface area contributed by atoms with Crippen molar-refractivity contribution in [1.29, 1.82) is 5.26 Å². The maximum Gasteiger partial charge on any atom is 0.224 e. The van der Waals surface area contributed by atoms with Crippen LogP contribution in [0.5, 0.6) is 0 Å². The van der Waals surface area contributed by atoms with Crippen LogP contribution >= 0.6 is 0 Å². The minimum Gasteiger partial charge on any atom is -0.383 e. The molecule has 0 bridgehead atoms. The SMILES string of the molecule is CCCC[C@@H](CC)Nc1ncc(C#N)c(NCCOC)n1. The van der Waals surface area contributed by atoms with Crippen LogP contribution in [0.4, 0.5) is 11.8 Å². The second-order valence-electron chi connectivity index (χ2n) is 4.88. The van der Waals surface area contributed by atoms with E-state index >= 15 is 0 Å². The van der Waals surface area contributed by atoms with Gasteiger partial charge in [0.2, 0.25) is 5.95 Å². The number of rotatable bonds is 10. The molecule has 0 spiro atoms. The molecule has 0 aliphatic carbocycles. The van der Waals surface area contributed by atoms with Gasteiger partial charge in [-0.2, -0.15) is 10.2 Å². The van der Waals surface area contributed by atoms with E-state index < -0.39 is 0 Å². The van der Waals surface area contributed by atoms with Crippen LogP contribution in [0.1, 0.15) is 45.1 Å². The summed E-state index contributed by atoms with van der Waals surface area (Å²) in [6, 6.07) is 2.46. The Labute approximate surface area is 126 Å². The molecule has 21 heavy (non-hydrogen) atoms. The Hall–Kier alpha value is -1.87. The third kappa shape index (κ3) is 5.96. The second-order valence-corrected chi connectivity index (χ2v) is 4.88. The number of nitrogens with one attached hydrogen (secondary N) is 2. The van der Waals surface area contributed by atoms with Crippen LogP contribution in [-0.2, 0) is 4.74 Å². The molecule has 1 heterocycles. The van der Waals surface area contributed by atoms with Gasteiger partial charge >= 0.3 is 0 Å². The van der Waals surface area contributed by atoms with Crippen molar-refractivity contribution in [3.63, 3.8) is 0 Å². The maximum absolute atomic E-state index is 9.09. The molecule has 2 N–H and O–H groups in total. The zero-order valence-electron chi connectivity index (χ0n) is 13.1. The number of nitrogens with zero attached hydrogens (tertiary/aromatic N) is 3. The number of aromatic nitrogens is 2. The molecule has 116 valence electrons. The van der Waals surface area contributed by atoms with Crippen LogP contribution < -0.4 is 10.6 Å². The van der Waals surface area contributed by atoms with E-state index in [1.54, 1.807) is 13.3 Å². The molecule has 1 atom stereocenters. The van der Waals surface area contributed by atoms with Crippen molar-refractivity contribution in [2.75, 3.05) is 30.9 Å². The van der Waals surface area contributed by atoms with E-state index in [0.29, 0.717) is 36.5 Å². The van der Waals surface area contributed by atoms with E-state index in [-0.39, 0.29) is 0 Å². The van der Waals surface area contributed by atoms with Crippen molar-refractivity contribution >= 4 is 11.8 Å². The van der Waals surface area contributed by atoms with Crippen molar-refractivity contribution in [2.45, 2.75) is 45.6 Å². The summed E-state index contributed by atoms with van der Waals surface area (Å²) in [6.07, 6.45) is 6.03. The van der Waals surface area contributed by atoms with Gasteiger partial charge < -0.3 is 15.4 Å². The zero-order chi connectivity index (χ0) is 15.5. The van der Waals surface area contributed by atoms with E-state index in [9.17, 15) is 0 Å². The second kappa shape index (κ2) is 9.94. The molecule has 6 nitrogen and oxygen atoms in total. The molecular weight excluding hydrogens is 266 g/mol. The third-order valence-corrected chi connectivity index (χ3v) is 3.24. The molecule has 0 saturated heterocycles. The fourth-order valence-corrected chi connectivity index (χ4v) is 1.95. The predicted molar refractivity (Wildman–Crippen MR) is 84.3 cm³/mol. The average molecular weight is 291 g/mol. The van der Waals surface area contributed by atoms with Crippen LogP contribution in [0.15, 0.2) is 6.20 Å². The van der Waals surface area contributed by atoms with Crippen molar-refractivity contribution in [2.24, 2.45) is 0 Å². The Bertz CT molecular complexity index is 458. The summed E-state index contributed by atoms with van der Waals surface area (Å²) in [6.45, 7) is 5.50. The molecule has 0 radical (unpaired) electrons. The number of nitriles is 1. The van der Waals surface area contributed by atoms with Gasteiger partial charge in [-0.3, -0.25) is 0 Å². The average Bonchev–Trinajstić information content (AvgIpc) is 2.52. The van der Waals surface area contributed by atoms with Crippen LogP contribution in [0, 0.1) is 11.3 Å².